The van der Waals surface area contributed by atoms with Crippen LogP contribution >= 0.6 is 0 Å². The van der Waals surface area contributed by atoms with E-state index < -0.39 is 23.2 Å². The highest BCUT2D eigenvalue weighted by Crippen LogP contribution is 2.43. The van der Waals surface area contributed by atoms with Gasteiger partial charge in [0.1, 0.15) is 0 Å². The number of rotatable bonds is 4. The SMILES string of the molecule is O=C1N(Cc2cccc(C(F)(F)F)c2)c2ccccc2C1(O)Cc1ccncc1. The smallest absolute Gasteiger partial charge is 0.375 e. The predicted molar refractivity (Wildman–Crippen MR) is 101 cm³/mol. The zero-order chi connectivity index (χ0) is 20.6. The summed E-state index contributed by atoms with van der Waals surface area (Å²) >= 11 is 0. The monoisotopic (exact) mass is 398 g/mol. The number of aliphatic hydroxyl groups is 1. The summed E-state index contributed by atoms with van der Waals surface area (Å²) < 4.78 is 39.1. The summed E-state index contributed by atoms with van der Waals surface area (Å²) in [4.78, 5) is 18.5. The summed E-state index contributed by atoms with van der Waals surface area (Å²) in [6.07, 6.45) is -1.27. The number of hydrogen-bond acceptors (Lipinski definition) is 3. The lowest BCUT2D eigenvalue weighted by Gasteiger charge is -2.23. The summed E-state index contributed by atoms with van der Waals surface area (Å²) in [6.45, 7) is -0.0710. The maximum atomic E-state index is 13.2. The van der Waals surface area contributed by atoms with Crippen molar-refractivity contribution >= 4 is 11.6 Å². The second-order valence-corrected chi connectivity index (χ2v) is 7.00. The zero-order valence-corrected chi connectivity index (χ0v) is 15.2. The Kier molecular flexibility index (Phi) is 4.62. The van der Waals surface area contributed by atoms with E-state index in [2.05, 4.69) is 4.98 Å². The van der Waals surface area contributed by atoms with Crippen LogP contribution in [0.3, 0.4) is 0 Å². The Labute approximate surface area is 165 Å². The normalized spacial score (nSPS) is 18.8. The van der Waals surface area contributed by atoms with Crippen molar-refractivity contribution in [2.24, 2.45) is 0 Å². The lowest BCUT2D eigenvalue weighted by molar-refractivity contribution is -0.137. The molecule has 2 heterocycles. The minimum Gasteiger partial charge on any atom is -0.375 e. The third-order valence-corrected chi connectivity index (χ3v) is 5.04. The molecule has 0 saturated carbocycles. The minimum atomic E-state index is -4.47. The van der Waals surface area contributed by atoms with Gasteiger partial charge in [0.2, 0.25) is 0 Å². The van der Waals surface area contributed by atoms with Gasteiger partial charge in [0.05, 0.1) is 17.8 Å². The summed E-state index contributed by atoms with van der Waals surface area (Å²) in [6, 6.07) is 15.1. The third kappa shape index (κ3) is 3.49. The van der Waals surface area contributed by atoms with E-state index in [9.17, 15) is 23.1 Å². The quantitative estimate of drug-likeness (QED) is 0.721. The van der Waals surface area contributed by atoms with Gasteiger partial charge in [0.25, 0.3) is 5.91 Å². The van der Waals surface area contributed by atoms with Gasteiger partial charge in [-0.25, -0.2) is 0 Å². The first-order chi connectivity index (χ1) is 13.8. The molecular weight excluding hydrogens is 381 g/mol. The average molecular weight is 398 g/mol. The Bertz CT molecular complexity index is 1050. The molecule has 1 N–H and O–H groups in total. The van der Waals surface area contributed by atoms with E-state index in [0.29, 0.717) is 16.8 Å². The number of halogens is 3. The number of anilines is 1. The topological polar surface area (TPSA) is 53.4 Å². The van der Waals surface area contributed by atoms with Crippen LogP contribution in [0.2, 0.25) is 0 Å². The molecule has 1 aromatic heterocycles. The molecule has 29 heavy (non-hydrogen) atoms. The molecule has 2 aromatic carbocycles. The Hall–Kier alpha value is -3.19. The number of benzene rings is 2. The van der Waals surface area contributed by atoms with Crippen LogP contribution in [0.1, 0.15) is 22.3 Å². The third-order valence-electron chi connectivity index (χ3n) is 5.04. The standard InChI is InChI=1S/C22H17F3N2O2/c23-22(24,25)17-5-3-4-16(12-17)14-27-19-7-2-1-6-18(19)21(29,20(27)28)13-15-8-10-26-11-9-15/h1-12,29H,13-14H2. The van der Waals surface area contributed by atoms with E-state index >= 15 is 0 Å². The molecule has 1 aliphatic heterocycles. The molecule has 0 aliphatic carbocycles. The van der Waals surface area contributed by atoms with Crippen LogP contribution in [0.15, 0.2) is 73.1 Å². The lowest BCUT2D eigenvalue weighted by atomic mass is 9.89. The molecule has 0 bridgehead atoms. The highest BCUT2D eigenvalue weighted by Gasteiger charge is 2.49. The van der Waals surface area contributed by atoms with E-state index in [1.165, 1.54) is 17.0 Å². The van der Waals surface area contributed by atoms with Crippen LogP contribution in [0.4, 0.5) is 18.9 Å². The van der Waals surface area contributed by atoms with Gasteiger partial charge in [-0.2, -0.15) is 13.2 Å². The first kappa shape index (κ1) is 19.1. The number of carbonyl (C=O) groups is 1. The van der Waals surface area contributed by atoms with Gasteiger partial charge in [-0.05, 0) is 41.5 Å². The van der Waals surface area contributed by atoms with Crippen molar-refractivity contribution in [1.82, 2.24) is 4.98 Å². The molecule has 7 heteroatoms. The maximum absolute atomic E-state index is 13.2. The van der Waals surface area contributed by atoms with Crippen LogP contribution in [0, 0.1) is 0 Å². The first-order valence-corrected chi connectivity index (χ1v) is 8.98. The second kappa shape index (κ2) is 7.00. The molecule has 0 saturated heterocycles. The number of amides is 1. The molecule has 0 radical (unpaired) electrons. The lowest BCUT2D eigenvalue weighted by Crippen LogP contribution is -2.41. The molecule has 148 valence electrons. The number of carbonyl (C=O) groups excluding carboxylic acids is 1. The Morgan fingerprint density at radius 1 is 0.966 bits per heavy atom. The van der Waals surface area contributed by atoms with Crippen LogP contribution in [-0.2, 0) is 29.5 Å². The van der Waals surface area contributed by atoms with Crippen molar-refractivity contribution in [2.75, 3.05) is 4.90 Å². The fraction of sp³-hybridized carbons (Fsp3) is 0.182. The van der Waals surface area contributed by atoms with Gasteiger partial charge in [-0.15, -0.1) is 0 Å². The number of fused-ring (bicyclic) bond motifs is 1. The van der Waals surface area contributed by atoms with Crippen molar-refractivity contribution in [3.05, 3.63) is 95.3 Å². The number of nitrogens with zero attached hydrogens (tertiary/aromatic N) is 2. The van der Waals surface area contributed by atoms with E-state index in [4.69, 9.17) is 0 Å². The highest BCUT2D eigenvalue weighted by molar-refractivity contribution is 6.06. The summed E-state index contributed by atoms with van der Waals surface area (Å²) in [5, 5.41) is 11.3. The second-order valence-electron chi connectivity index (χ2n) is 7.00. The van der Waals surface area contributed by atoms with Gasteiger partial charge in [-0.1, -0.05) is 30.3 Å². The van der Waals surface area contributed by atoms with Crippen LogP contribution in [0.5, 0.6) is 0 Å². The molecule has 4 rings (SSSR count). The van der Waals surface area contributed by atoms with E-state index in [-0.39, 0.29) is 13.0 Å². The fourth-order valence-corrected chi connectivity index (χ4v) is 3.66. The van der Waals surface area contributed by atoms with Gasteiger partial charge in [-0.3, -0.25) is 9.78 Å². The predicted octanol–water partition coefficient (Wildman–Crippen LogP) is 4.08. The van der Waals surface area contributed by atoms with Gasteiger partial charge in [0, 0.05) is 24.4 Å². The Morgan fingerprint density at radius 3 is 2.41 bits per heavy atom. The molecule has 3 aromatic rings. The number of hydrogen-bond donors (Lipinski definition) is 1. The Balaban J connectivity index is 1.70. The van der Waals surface area contributed by atoms with Gasteiger partial charge >= 0.3 is 6.18 Å². The summed E-state index contributed by atoms with van der Waals surface area (Å²) in [5.74, 6) is -0.562. The van der Waals surface area contributed by atoms with Crippen LogP contribution in [-0.4, -0.2) is 16.0 Å². The maximum Gasteiger partial charge on any atom is 0.416 e. The highest BCUT2D eigenvalue weighted by atomic mass is 19.4. The van der Waals surface area contributed by atoms with Crippen molar-refractivity contribution < 1.29 is 23.1 Å². The molecule has 1 amide bonds. The summed E-state index contributed by atoms with van der Waals surface area (Å²) in [5.41, 5.74) is -0.579. The van der Waals surface area contributed by atoms with Crippen molar-refractivity contribution in [3.63, 3.8) is 0 Å². The van der Waals surface area contributed by atoms with Crippen molar-refractivity contribution in [3.8, 4) is 0 Å². The first-order valence-electron chi connectivity index (χ1n) is 8.98. The number of para-hydroxylation sites is 1. The van der Waals surface area contributed by atoms with E-state index in [1.807, 2.05) is 0 Å². The van der Waals surface area contributed by atoms with Crippen LogP contribution < -0.4 is 4.90 Å². The van der Waals surface area contributed by atoms with Crippen molar-refractivity contribution in [1.29, 1.82) is 0 Å². The molecule has 1 atom stereocenters. The van der Waals surface area contributed by atoms with Crippen molar-refractivity contribution in [2.45, 2.75) is 24.7 Å². The van der Waals surface area contributed by atoms with Gasteiger partial charge in [0.15, 0.2) is 5.60 Å². The number of aromatic nitrogens is 1. The summed E-state index contributed by atoms with van der Waals surface area (Å²) in [7, 11) is 0. The number of pyridine rings is 1. The molecule has 1 aliphatic rings. The average Bonchev–Trinajstić information content (AvgIpc) is 2.91. The van der Waals surface area contributed by atoms with Gasteiger partial charge < -0.3 is 10.0 Å². The molecular formula is C22H17F3N2O2. The number of alkyl halides is 3. The Morgan fingerprint density at radius 2 is 1.69 bits per heavy atom. The fourth-order valence-electron chi connectivity index (χ4n) is 3.66. The van der Waals surface area contributed by atoms with E-state index in [1.54, 1.807) is 48.8 Å². The van der Waals surface area contributed by atoms with E-state index in [0.717, 1.165) is 17.7 Å². The van der Waals surface area contributed by atoms with Crippen LogP contribution in [0.25, 0.3) is 0 Å². The molecule has 0 spiro atoms. The zero-order valence-electron chi connectivity index (χ0n) is 15.2. The molecule has 0 fully saturated rings. The molecule has 4 nitrogen and oxygen atoms in total. The molecule has 1 unspecified atom stereocenters. The minimum absolute atomic E-state index is 0.0461. The largest absolute Gasteiger partial charge is 0.416 e.